The van der Waals surface area contributed by atoms with Gasteiger partial charge in [-0.15, -0.1) is 0 Å². The Balaban J connectivity index is 2.16. The van der Waals surface area contributed by atoms with Crippen molar-refractivity contribution >= 4 is 21.8 Å². The number of halogens is 1. The molecule has 1 N–H and O–H groups in total. The van der Waals surface area contributed by atoms with E-state index in [4.69, 9.17) is 9.47 Å². The number of hydrogen-bond acceptors (Lipinski definition) is 3. The van der Waals surface area contributed by atoms with Crippen molar-refractivity contribution in [2.75, 3.05) is 14.2 Å². The Labute approximate surface area is 128 Å². The molecule has 110 valence electrons. The van der Waals surface area contributed by atoms with Crippen molar-refractivity contribution in [1.29, 1.82) is 0 Å². The summed E-state index contributed by atoms with van der Waals surface area (Å²) < 4.78 is 11.2. The minimum atomic E-state index is -0.0685. The molecule has 4 nitrogen and oxygen atoms in total. The van der Waals surface area contributed by atoms with E-state index in [0.717, 1.165) is 17.3 Å². The van der Waals surface area contributed by atoms with Gasteiger partial charge in [0, 0.05) is 11.6 Å². The highest BCUT2D eigenvalue weighted by molar-refractivity contribution is 9.10. The predicted octanol–water partition coefficient (Wildman–Crippen LogP) is 3.53. The van der Waals surface area contributed by atoms with E-state index in [9.17, 15) is 4.79 Å². The lowest BCUT2D eigenvalue weighted by molar-refractivity contribution is 0.0927. The molecule has 2 rings (SSSR count). The zero-order valence-electron chi connectivity index (χ0n) is 11.9. The molecular formula is C15H20BrNO3. The number of hydrogen-bond donors (Lipinski definition) is 1. The highest BCUT2D eigenvalue weighted by Crippen LogP contribution is 2.35. The summed E-state index contributed by atoms with van der Waals surface area (Å²) >= 11 is 3.40. The summed E-state index contributed by atoms with van der Waals surface area (Å²) in [6.45, 7) is 0. The van der Waals surface area contributed by atoms with Gasteiger partial charge in [-0.1, -0.05) is 19.3 Å². The summed E-state index contributed by atoms with van der Waals surface area (Å²) in [7, 11) is 3.14. The van der Waals surface area contributed by atoms with Gasteiger partial charge in [-0.2, -0.15) is 0 Å². The van der Waals surface area contributed by atoms with Crippen molar-refractivity contribution in [3.8, 4) is 11.5 Å². The molecule has 0 spiro atoms. The molecular weight excluding hydrogens is 322 g/mol. The van der Waals surface area contributed by atoms with E-state index >= 15 is 0 Å². The Bertz CT molecular complexity index is 459. The zero-order valence-corrected chi connectivity index (χ0v) is 13.5. The molecule has 1 amide bonds. The largest absolute Gasteiger partial charge is 0.495 e. The first kappa shape index (κ1) is 15.2. The third-order valence-corrected chi connectivity index (χ3v) is 4.43. The van der Waals surface area contributed by atoms with Crippen LogP contribution in [0.15, 0.2) is 16.6 Å². The van der Waals surface area contributed by atoms with Gasteiger partial charge in [-0.05, 0) is 40.9 Å². The number of rotatable bonds is 4. The maximum atomic E-state index is 12.3. The lowest BCUT2D eigenvalue weighted by Gasteiger charge is -2.23. The maximum Gasteiger partial charge on any atom is 0.251 e. The predicted molar refractivity (Wildman–Crippen MR) is 81.6 cm³/mol. The number of ether oxygens (including phenoxy) is 2. The molecule has 1 aromatic carbocycles. The average molecular weight is 342 g/mol. The number of amides is 1. The van der Waals surface area contributed by atoms with E-state index in [-0.39, 0.29) is 11.9 Å². The second-order valence-electron chi connectivity index (χ2n) is 5.00. The smallest absolute Gasteiger partial charge is 0.251 e. The highest BCUT2D eigenvalue weighted by Gasteiger charge is 2.19. The van der Waals surface area contributed by atoms with Crippen LogP contribution in [0.1, 0.15) is 42.5 Å². The van der Waals surface area contributed by atoms with Gasteiger partial charge in [0.1, 0.15) is 16.0 Å². The van der Waals surface area contributed by atoms with Crippen LogP contribution in [0.5, 0.6) is 11.5 Å². The summed E-state index contributed by atoms with van der Waals surface area (Å²) in [5.74, 6) is 1.12. The van der Waals surface area contributed by atoms with Crippen LogP contribution >= 0.6 is 15.9 Å². The lowest BCUT2D eigenvalue weighted by Crippen LogP contribution is -2.36. The zero-order chi connectivity index (χ0) is 14.5. The topological polar surface area (TPSA) is 47.6 Å². The number of carbonyl (C=O) groups is 1. The molecule has 0 atom stereocenters. The maximum absolute atomic E-state index is 12.3. The third kappa shape index (κ3) is 3.45. The molecule has 0 heterocycles. The molecule has 0 bridgehead atoms. The van der Waals surface area contributed by atoms with Crippen molar-refractivity contribution < 1.29 is 14.3 Å². The van der Waals surface area contributed by atoms with Crippen LogP contribution in [0.2, 0.25) is 0 Å². The van der Waals surface area contributed by atoms with E-state index in [2.05, 4.69) is 21.2 Å². The SMILES string of the molecule is COc1cc(C(=O)NC2CCCCC2)cc(OC)c1Br. The minimum Gasteiger partial charge on any atom is -0.495 e. The number of nitrogens with one attached hydrogen (secondary N) is 1. The van der Waals surface area contributed by atoms with Gasteiger partial charge < -0.3 is 14.8 Å². The molecule has 1 aliphatic carbocycles. The summed E-state index contributed by atoms with van der Waals surface area (Å²) in [5.41, 5.74) is 0.562. The first-order valence-corrected chi connectivity index (χ1v) is 7.67. The second-order valence-corrected chi connectivity index (χ2v) is 5.80. The van der Waals surface area contributed by atoms with Gasteiger partial charge in [0.15, 0.2) is 0 Å². The van der Waals surface area contributed by atoms with Crippen molar-refractivity contribution in [2.45, 2.75) is 38.1 Å². The van der Waals surface area contributed by atoms with Crippen LogP contribution in [0.25, 0.3) is 0 Å². The van der Waals surface area contributed by atoms with Crippen molar-refractivity contribution in [1.82, 2.24) is 5.32 Å². The summed E-state index contributed by atoms with van der Waals surface area (Å²) in [4.78, 5) is 12.3. The monoisotopic (exact) mass is 341 g/mol. The van der Waals surface area contributed by atoms with Crippen LogP contribution < -0.4 is 14.8 Å². The second kappa shape index (κ2) is 6.97. The van der Waals surface area contributed by atoms with Gasteiger partial charge >= 0.3 is 0 Å². The first-order valence-electron chi connectivity index (χ1n) is 6.88. The van der Waals surface area contributed by atoms with E-state index in [1.807, 2.05) is 0 Å². The molecule has 0 radical (unpaired) electrons. The van der Waals surface area contributed by atoms with Gasteiger partial charge in [-0.3, -0.25) is 4.79 Å². The summed E-state index contributed by atoms with van der Waals surface area (Å²) in [5, 5.41) is 3.09. The Hall–Kier alpha value is -1.23. The Morgan fingerprint density at radius 1 is 1.15 bits per heavy atom. The first-order chi connectivity index (χ1) is 9.65. The molecule has 1 aromatic rings. The molecule has 5 heteroatoms. The van der Waals surface area contributed by atoms with Gasteiger partial charge in [0.25, 0.3) is 5.91 Å². The van der Waals surface area contributed by atoms with Gasteiger partial charge in [0.05, 0.1) is 14.2 Å². The van der Waals surface area contributed by atoms with E-state index in [1.54, 1.807) is 26.4 Å². The summed E-state index contributed by atoms with van der Waals surface area (Å²) in [6, 6.07) is 3.74. The van der Waals surface area contributed by atoms with Crippen molar-refractivity contribution in [3.05, 3.63) is 22.2 Å². The Morgan fingerprint density at radius 2 is 1.70 bits per heavy atom. The van der Waals surface area contributed by atoms with E-state index < -0.39 is 0 Å². The normalized spacial score (nSPS) is 15.8. The number of benzene rings is 1. The molecule has 0 aliphatic heterocycles. The quantitative estimate of drug-likeness (QED) is 0.911. The molecule has 20 heavy (non-hydrogen) atoms. The van der Waals surface area contributed by atoms with Crippen LogP contribution in [0.3, 0.4) is 0 Å². The average Bonchev–Trinajstić information content (AvgIpc) is 2.48. The van der Waals surface area contributed by atoms with Crippen molar-refractivity contribution in [3.63, 3.8) is 0 Å². The summed E-state index contributed by atoms with van der Waals surface area (Å²) in [6.07, 6.45) is 5.79. The minimum absolute atomic E-state index is 0.0685. The van der Waals surface area contributed by atoms with E-state index in [1.165, 1.54) is 19.3 Å². The fourth-order valence-corrected chi connectivity index (χ4v) is 3.07. The van der Waals surface area contributed by atoms with E-state index in [0.29, 0.717) is 17.1 Å². The lowest BCUT2D eigenvalue weighted by atomic mass is 9.95. The molecule has 1 saturated carbocycles. The Kier molecular flexibility index (Phi) is 5.29. The van der Waals surface area contributed by atoms with Crippen LogP contribution in [-0.2, 0) is 0 Å². The van der Waals surface area contributed by atoms with Crippen LogP contribution in [0, 0.1) is 0 Å². The third-order valence-electron chi connectivity index (χ3n) is 3.65. The highest BCUT2D eigenvalue weighted by atomic mass is 79.9. The molecule has 1 fully saturated rings. The Morgan fingerprint density at radius 3 is 2.20 bits per heavy atom. The standard InChI is InChI=1S/C15H20BrNO3/c1-19-12-8-10(9-13(20-2)14(12)16)15(18)17-11-6-4-3-5-7-11/h8-9,11H,3-7H2,1-2H3,(H,17,18). The number of carbonyl (C=O) groups excluding carboxylic acids is 1. The molecule has 0 aromatic heterocycles. The van der Waals surface area contributed by atoms with Crippen LogP contribution in [0.4, 0.5) is 0 Å². The fourth-order valence-electron chi connectivity index (χ4n) is 2.52. The van der Waals surface area contributed by atoms with Crippen molar-refractivity contribution in [2.24, 2.45) is 0 Å². The molecule has 1 aliphatic rings. The van der Waals surface area contributed by atoms with Crippen LogP contribution in [-0.4, -0.2) is 26.2 Å². The number of methoxy groups -OCH3 is 2. The van der Waals surface area contributed by atoms with Gasteiger partial charge in [0.2, 0.25) is 0 Å². The molecule has 0 saturated heterocycles. The molecule has 0 unspecified atom stereocenters. The fraction of sp³-hybridized carbons (Fsp3) is 0.533. The van der Waals surface area contributed by atoms with Gasteiger partial charge in [-0.25, -0.2) is 0 Å².